The monoisotopic (exact) mass is 222 g/mol. The molecular formula is C10H14N4O2. The molecule has 2 unspecified atom stereocenters. The van der Waals surface area contributed by atoms with Gasteiger partial charge in [-0.2, -0.15) is 0 Å². The molecule has 7 N–H and O–H groups in total. The van der Waals surface area contributed by atoms with Crippen molar-refractivity contribution in [2.45, 2.75) is 12.1 Å². The van der Waals surface area contributed by atoms with Gasteiger partial charge in [0.2, 0.25) is 0 Å². The van der Waals surface area contributed by atoms with Gasteiger partial charge < -0.3 is 22.3 Å². The third kappa shape index (κ3) is 2.96. The van der Waals surface area contributed by atoms with Crippen LogP contribution in [0.25, 0.3) is 0 Å². The van der Waals surface area contributed by atoms with E-state index in [9.17, 15) is 4.79 Å². The number of aliphatic imine (C=N–C) groups is 1. The summed E-state index contributed by atoms with van der Waals surface area (Å²) in [6, 6.07) is 6.83. The highest BCUT2D eigenvalue weighted by Crippen LogP contribution is 2.19. The first-order chi connectivity index (χ1) is 7.52. The smallest absolute Gasteiger partial charge is 0.323 e. The zero-order valence-corrected chi connectivity index (χ0v) is 8.58. The molecule has 1 aromatic rings. The number of nitrogens with zero attached hydrogens (tertiary/aromatic N) is 1. The highest BCUT2D eigenvalue weighted by atomic mass is 16.4. The Morgan fingerprint density at radius 1 is 1.25 bits per heavy atom. The molecule has 0 amide bonds. The standard InChI is InChI=1S/C10H14N4O2/c11-7(9(15)16)8(14-10(12)13)6-4-2-1-3-5-6/h1-5,7-8H,11H2,(H,15,16)(H4,12,13,14). The molecule has 0 aliphatic rings. The Bertz CT molecular complexity index is 387. The van der Waals surface area contributed by atoms with E-state index in [1.165, 1.54) is 0 Å². The summed E-state index contributed by atoms with van der Waals surface area (Å²) in [7, 11) is 0. The number of nitrogens with two attached hydrogens (primary N) is 3. The predicted octanol–water partition coefficient (Wildman–Crippen LogP) is -0.587. The SMILES string of the molecule is NC(N)=NC(c1ccccc1)C(N)C(=O)O. The molecule has 0 aromatic heterocycles. The molecule has 0 saturated carbocycles. The Morgan fingerprint density at radius 3 is 2.25 bits per heavy atom. The average molecular weight is 222 g/mol. The molecular weight excluding hydrogens is 208 g/mol. The molecule has 0 fully saturated rings. The average Bonchev–Trinajstić information content (AvgIpc) is 2.26. The van der Waals surface area contributed by atoms with E-state index in [-0.39, 0.29) is 5.96 Å². The lowest BCUT2D eigenvalue weighted by atomic mass is 10.0. The molecule has 6 heteroatoms. The lowest BCUT2D eigenvalue weighted by molar-refractivity contribution is -0.139. The zero-order valence-electron chi connectivity index (χ0n) is 8.58. The molecule has 6 nitrogen and oxygen atoms in total. The number of carboxylic acids is 1. The lowest BCUT2D eigenvalue weighted by Crippen LogP contribution is -2.37. The summed E-state index contributed by atoms with van der Waals surface area (Å²) in [6.45, 7) is 0. The van der Waals surface area contributed by atoms with Crippen LogP contribution in [0.15, 0.2) is 35.3 Å². The van der Waals surface area contributed by atoms with Crippen LogP contribution < -0.4 is 17.2 Å². The molecule has 1 aromatic carbocycles. The topological polar surface area (TPSA) is 128 Å². The van der Waals surface area contributed by atoms with Crippen LogP contribution in [0, 0.1) is 0 Å². The maximum absolute atomic E-state index is 10.8. The van der Waals surface area contributed by atoms with Crippen LogP contribution >= 0.6 is 0 Å². The fourth-order valence-corrected chi connectivity index (χ4v) is 1.31. The van der Waals surface area contributed by atoms with Gasteiger partial charge in [-0.3, -0.25) is 4.79 Å². The van der Waals surface area contributed by atoms with E-state index >= 15 is 0 Å². The summed E-state index contributed by atoms with van der Waals surface area (Å²) in [5, 5.41) is 8.85. The van der Waals surface area contributed by atoms with E-state index in [1.54, 1.807) is 24.3 Å². The van der Waals surface area contributed by atoms with E-state index in [0.29, 0.717) is 5.56 Å². The molecule has 0 aliphatic carbocycles. The quantitative estimate of drug-likeness (QED) is 0.400. The van der Waals surface area contributed by atoms with Crippen molar-refractivity contribution in [3.05, 3.63) is 35.9 Å². The van der Waals surface area contributed by atoms with Gasteiger partial charge in [0.05, 0.1) is 0 Å². The fourth-order valence-electron chi connectivity index (χ4n) is 1.31. The maximum atomic E-state index is 10.8. The largest absolute Gasteiger partial charge is 0.480 e. The second kappa shape index (κ2) is 5.13. The van der Waals surface area contributed by atoms with Crippen molar-refractivity contribution in [2.24, 2.45) is 22.2 Å². The summed E-state index contributed by atoms with van der Waals surface area (Å²) >= 11 is 0. The maximum Gasteiger partial charge on any atom is 0.323 e. The van der Waals surface area contributed by atoms with Gasteiger partial charge in [-0.15, -0.1) is 0 Å². The van der Waals surface area contributed by atoms with Crippen LogP contribution in [-0.4, -0.2) is 23.1 Å². The van der Waals surface area contributed by atoms with Crippen molar-refractivity contribution in [3.8, 4) is 0 Å². The van der Waals surface area contributed by atoms with Gasteiger partial charge in [0, 0.05) is 0 Å². The van der Waals surface area contributed by atoms with Crippen molar-refractivity contribution in [2.75, 3.05) is 0 Å². The molecule has 0 aliphatic heterocycles. The van der Waals surface area contributed by atoms with E-state index in [2.05, 4.69) is 4.99 Å². The van der Waals surface area contributed by atoms with Gasteiger partial charge in [-0.1, -0.05) is 30.3 Å². The number of rotatable bonds is 4. The minimum absolute atomic E-state index is 0.189. The number of aliphatic carboxylic acids is 1. The van der Waals surface area contributed by atoms with Crippen molar-refractivity contribution < 1.29 is 9.90 Å². The van der Waals surface area contributed by atoms with Crippen molar-refractivity contribution in [3.63, 3.8) is 0 Å². The summed E-state index contributed by atoms with van der Waals surface area (Å²) in [5.41, 5.74) is 16.7. The van der Waals surface area contributed by atoms with E-state index < -0.39 is 18.1 Å². The first-order valence-corrected chi connectivity index (χ1v) is 4.64. The van der Waals surface area contributed by atoms with Crippen molar-refractivity contribution in [1.29, 1.82) is 0 Å². The van der Waals surface area contributed by atoms with Crippen LogP contribution in [0.3, 0.4) is 0 Å². The Labute approximate surface area is 92.8 Å². The summed E-state index contributed by atoms with van der Waals surface area (Å²) in [6.07, 6.45) is 0. The number of carbonyl (C=O) groups is 1. The Hall–Kier alpha value is -2.08. The fraction of sp³-hybridized carbons (Fsp3) is 0.200. The Kier molecular flexibility index (Phi) is 3.84. The number of guanidine groups is 1. The minimum atomic E-state index is -1.18. The van der Waals surface area contributed by atoms with Gasteiger partial charge in [-0.05, 0) is 5.56 Å². The third-order valence-electron chi connectivity index (χ3n) is 2.05. The molecule has 16 heavy (non-hydrogen) atoms. The predicted molar refractivity (Wildman–Crippen MR) is 60.6 cm³/mol. The summed E-state index contributed by atoms with van der Waals surface area (Å²) in [4.78, 5) is 14.7. The second-order valence-corrected chi connectivity index (χ2v) is 3.27. The van der Waals surface area contributed by atoms with Crippen LogP contribution in [0.5, 0.6) is 0 Å². The number of hydrogen-bond donors (Lipinski definition) is 4. The molecule has 2 atom stereocenters. The van der Waals surface area contributed by atoms with Gasteiger partial charge in [0.1, 0.15) is 12.1 Å². The summed E-state index contributed by atoms with van der Waals surface area (Å²) in [5.74, 6) is -1.34. The van der Waals surface area contributed by atoms with Crippen LogP contribution in [0.2, 0.25) is 0 Å². The first-order valence-electron chi connectivity index (χ1n) is 4.64. The molecule has 0 spiro atoms. The van der Waals surface area contributed by atoms with Gasteiger partial charge in [0.25, 0.3) is 0 Å². The Balaban J connectivity index is 3.06. The van der Waals surface area contributed by atoms with Gasteiger partial charge >= 0.3 is 5.97 Å². The number of carboxylic acid groups (broad SMARTS) is 1. The van der Waals surface area contributed by atoms with Crippen LogP contribution in [0.1, 0.15) is 11.6 Å². The van der Waals surface area contributed by atoms with Crippen molar-refractivity contribution in [1.82, 2.24) is 0 Å². The highest BCUT2D eigenvalue weighted by molar-refractivity contribution is 5.78. The molecule has 0 radical (unpaired) electrons. The number of hydrogen-bond acceptors (Lipinski definition) is 3. The first kappa shape index (κ1) is 12.0. The molecule has 86 valence electrons. The molecule has 0 saturated heterocycles. The van der Waals surface area contributed by atoms with Gasteiger partial charge in [0.15, 0.2) is 5.96 Å². The van der Waals surface area contributed by atoms with E-state index in [0.717, 1.165) is 0 Å². The zero-order chi connectivity index (χ0) is 12.1. The summed E-state index contributed by atoms with van der Waals surface area (Å²) < 4.78 is 0. The van der Waals surface area contributed by atoms with Gasteiger partial charge in [-0.25, -0.2) is 4.99 Å². The molecule has 0 bridgehead atoms. The lowest BCUT2D eigenvalue weighted by Gasteiger charge is -2.17. The minimum Gasteiger partial charge on any atom is -0.480 e. The van der Waals surface area contributed by atoms with Crippen LogP contribution in [0.4, 0.5) is 0 Å². The normalized spacial score (nSPS) is 13.8. The van der Waals surface area contributed by atoms with E-state index in [4.69, 9.17) is 22.3 Å². The van der Waals surface area contributed by atoms with Crippen molar-refractivity contribution >= 4 is 11.9 Å². The second-order valence-electron chi connectivity index (χ2n) is 3.27. The third-order valence-corrected chi connectivity index (χ3v) is 2.05. The number of benzene rings is 1. The molecule has 1 rings (SSSR count). The van der Waals surface area contributed by atoms with E-state index in [1.807, 2.05) is 6.07 Å². The van der Waals surface area contributed by atoms with Crippen LogP contribution in [-0.2, 0) is 4.79 Å². The highest BCUT2D eigenvalue weighted by Gasteiger charge is 2.25. The Morgan fingerprint density at radius 2 is 1.81 bits per heavy atom. The molecule has 0 heterocycles.